The number of nitrogens with one attached hydrogen (secondary N) is 1. The number of thiazole rings is 1. The number of hydrogen-bond donors (Lipinski definition) is 1. The van der Waals surface area contributed by atoms with Crippen LogP contribution in [0.5, 0.6) is 5.88 Å². The first-order chi connectivity index (χ1) is 13.2. The lowest BCUT2D eigenvalue weighted by atomic mass is 10.2. The lowest BCUT2D eigenvalue weighted by molar-refractivity contribution is -0.116. The third-order valence-corrected chi connectivity index (χ3v) is 5.73. The van der Waals surface area contributed by atoms with E-state index in [9.17, 15) is 4.79 Å². The van der Waals surface area contributed by atoms with Gasteiger partial charge in [-0.05, 0) is 38.2 Å². The first-order valence-electron chi connectivity index (χ1n) is 9.26. The molecule has 3 aromatic rings. The van der Waals surface area contributed by atoms with Gasteiger partial charge < -0.3 is 10.1 Å². The van der Waals surface area contributed by atoms with Crippen molar-refractivity contribution in [3.8, 4) is 5.88 Å². The Bertz CT molecular complexity index is 927. The molecule has 1 aliphatic rings. The van der Waals surface area contributed by atoms with E-state index in [1.165, 1.54) is 29.8 Å². The fourth-order valence-electron chi connectivity index (χ4n) is 3.25. The maximum atomic E-state index is 12.3. The molecule has 27 heavy (non-hydrogen) atoms. The summed E-state index contributed by atoms with van der Waals surface area (Å²) in [6.45, 7) is 0. The smallest absolute Gasteiger partial charge is 0.231 e. The largest absolute Gasteiger partial charge is 0.480 e. The molecule has 0 saturated carbocycles. The predicted molar refractivity (Wildman–Crippen MR) is 102 cm³/mol. The summed E-state index contributed by atoms with van der Waals surface area (Å²) >= 11 is 1.62. The lowest BCUT2D eigenvalue weighted by Crippen LogP contribution is -2.12. The summed E-state index contributed by atoms with van der Waals surface area (Å²) in [5, 5.41) is 16.2. The molecule has 0 atom stereocenters. The maximum Gasteiger partial charge on any atom is 0.231 e. The van der Waals surface area contributed by atoms with Gasteiger partial charge in [-0.1, -0.05) is 6.42 Å². The first kappa shape index (κ1) is 17.8. The van der Waals surface area contributed by atoms with Gasteiger partial charge in [-0.2, -0.15) is 4.52 Å². The van der Waals surface area contributed by atoms with Crippen LogP contribution in [0.2, 0.25) is 0 Å². The minimum absolute atomic E-state index is 0.0155. The topological polar surface area (TPSA) is 94.3 Å². The van der Waals surface area contributed by atoms with Crippen LogP contribution in [0, 0.1) is 0 Å². The number of hydrogen-bond acceptors (Lipinski definition) is 7. The van der Waals surface area contributed by atoms with Gasteiger partial charge in [-0.3, -0.25) is 4.79 Å². The van der Waals surface area contributed by atoms with Gasteiger partial charge in [-0.15, -0.1) is 26.6 Å². The number of ether oxygens (including phenoxy) is 1. The molecule has 0 bridgehead atoms. The number of nitrogens with zero attached hydrogens (tertiary/aromatic N) is 5. The van der Waals surface area contributed by atoms with Gasteiger partial charge in [0.05, 0.1) is 12.8 Å². The molecule has 3 heterocycles. The summed E-state index contributed by atoms with van der Waals surface area (Å²) in [5.74, 6) is 1.21. The van der Waals surface area contributed by atoms with Gasteiger partial charge in [0.25, 0.3) is 0 Å². The molecule has 1 N–H and O–H groups in total. The summed E-state index contributed by atoms with van der Waals surface area (Å²) in [7, 11) is 1.57. The van der Waals surface area contributed by atoms with Crippen LogP contribution >= 0.6 is 11.3 Å². The zero-order valence-electron chi connectivity index (χ0n) is 15.3. The van der Waals surface area contributed by atoms with Crippen LogP contribution < -0.4 is 10.1 Å². The van der Waals surface area contributed by atoms with Gasteiger partial charge in [0, 0.05) is 23.8 Å². The fourth-order valence-corrected chi connectivity index (χ4v) is 4.32. The Kier molecular flexibility index (Phi) is 5.28. The Balaban J connectivity index is 1.32. The second kappa shape index (κ2) is 7.99. The first-order valence-corrected chi connectivity index (χ1v) is 10.1. The van der Waals surface area contributed by atoms with Crippen molar-refractivity contribution in [3.05, 3.63) is 28.5 Å². The van der Waals surface area contributed by atoms with Crippen molar-refractivity contribution in [1.82, 2.24) is 24.8 Å². The van der Waals surface area contributed by atoms with E-state index in [-0.39, 0.29) is 5.91 Å². The van der Waals surface area contributed by atoms with Crippen molar-refractivity contribution in [2.24, 2.45) is 0 Å². The quantitative estimate of drug-likeness (QED) is 0.655. The van der Waals surface area contributed by atoms with Crippen LogP contribution in [0.1, 0.15) is 48.5 Å². The molecule has 0 radical (unpaired) electrons. The van der Waals surface area contributed by atoms with Gasteiger partial charge in [0.15, 0.2) is 16.6 Å². The normalized spacial score (nSPS) is 14.0. The minimum atomic E-state index is -0.0155. The standard InChI is InChI=1S/C18H22N6O2S/c1-26-17-11-10-15-22-21-14(24(15)23-17)8-5-9-16(25)20-18-19-12-6-3-2-4-7-13(12)27-18/h10-11H,2-9H2,1H3,(H,19,20,25). The van der Waals surface area contributed by atoms with Gasteiger partial charge >= 0.3 is 0 Å². The van der Waals surface area contributed by atoms with Crippen LogP contribution in [0.25, 0.3) is 5.65 Å². The maximum absolute atomic E-state index is 12.3. The van der Waals surface area contributed by atoms with Crippen LogP contribution in [0.3, 0.4) is 0 Å². The monoisotopic (exact) mass is 386 g/mol. The van der Waals surface area contributed by atoms with Crippen LogP contribution in [-0.2, 0) is 24.1 Å². The molecule has 8 nitrogen and oxygen atoms in total. The van der Waals surface area contributed by atoms with E-state index in [0.717, 1.165) is 23.8 Å². The molecule has 0 aliphatic heterocycles. The van der Waals surface area contributed by atoms with Crippen LogP contribution in [0.4, 0.5) is 5.13 Å². The van der Waals surface area contributed by atoms with E-state index in [4.69, 9.17) is 4.74 Å². The SMILES string of the molecule is COc1ccc2nnc(CCCC(=O)Nc3nc4c(s3)CCCCC4)n2n1. The summed E-state index contributed by atoms with van der Waals surface area (Å²) in [6.07, 6.45) is 7.46. The third-order valence-electron chi connectivity index (χ3n) is 4.66. The molecule has 0 aromatic carbocycles. The van der Waals surface area contributed by atoms with Gasteiger partial charge in [-0.25, -0.2) is 4.98 Å². The van der Waals surface area contributed by atoms with E-state index in [1.54, 1.807) is 29.0 Å². The zero-order valence-corrected chi connectivity index (χ0v) is 16.1. The number of aromatic nitrogens is 5. The van der Waals surface area contributed by atoms with Crippen molar-refractivity contribution >= 4 is 28.0 Å². The Hall–Kier alpha value is -2.55. The molecule has 142 valence electrons. The van der Waals surface area contributed by atoms with Crippen molar-refractivity contribution in [2.75, 3.05) is 12.4 Å². The van der Waals surface area contributed by atoms with Crippen LogP contribution in [-0.4, -0.2) is 37.8 Å². The Morgan fingerprint density at radius 2 is 2.15 bits per heavy atom. The summed E-state index contributed by atoms with van der Waals surface area (Å²) < 4.78 is 6.80. The number of methoxy groups -OCH3 is 1. The number of carbonyl (C=O) groups is 1. The summed E-state index contributed by atoms with van der Waals surface area (Å²) in [5.41, 5.74) is 1.84. The molecule has 0 saturated heterocycles. The van der Waals surface area contributed by atoms with Gasteiger partial charge in [0.2, 0.25) is 11.8 Å². The molecule has 3 aromatic heterocycles. The molecule has 0 fully saturated rings. The molecule has 0 unspecified atom stereocenters. The minimum Gasteiger partial charge on any atom is -0.480 e. The molecular formula is C18H22N6O2S. The number of aryl methyl sites for hydroxylation is 3. The summed E-state index contributed by atoms with van der Waals surface area (Å²) in [6, 6.07) is 3.55. The average Bonchev–Trinajstić information content (AvgIpc) is 3.18. The van der Waals surface area contributed by atoms with E-state index in [0.29, 0.717) is 30.8 Å². The molecule has 9 heteroatoms. The highest BCUT2D eigenvalue weighted by molar-refractivity contribution is 7.15. The van der Waals surface area contributed by atoms with E-state index in [1.807, 2.05) is 6.07 Å². The van der Waals surface area contributed by atoms with Crippen molar-refractivity contribution in [3.63, 3.8) is 0 Å². The molecule has 1 amide bonds. The Labute approximate surface area is 161 Å². The molecular weight excluding hydrogens is 364 g/mol. The number of amides is 1. The highest BCUT2D eigenvalue weighted by Gasteiger charge is 2.15. The molecule has 1 aliphatic carbocycles. The number of carbonyl (C=O) groups excluding carboxylic acids is 1. The lowest BCUT2D eigenvalue weighted by Gasteiger charge is -2.03. The predicted octanol–water partition coefficient (Wildman–Crippen LogP) is 2.82. The van der Waals surface area contributed by atoms with Gasteiger partial charge in [0.1, 0.15) is 0 Å². The van der Waals surface area contributed by atoms with Crippen molar-refractivity contribution in [1.29, 1.82) is 0 Å². The number of rotatable bonds is 6. The Morgan fingerprint density at radius 1 is 1.26 bits per heavy atom. The highest BCUT2D eigenvalue weighted by atomic mass is 32.1. The zero-order chi connectivity index (χ0) is 18.6. The average molecular weight is 386 g/mol. The molecule has 0 spiro atoms. The van der Waals surface area contributed by atoms with Crippen molar-refractivity contribution < 1.29 is 9.53 Å². The second-order valence-corrected chi connectivity index (χ2v) is 7.70. The fraction of sp³-hybridized carbons (Fsp3) is 0.500. The Morgan fingerprint density at radius 3 is 3.04 bits per heavy atom. The van der Waals surface area contributed by atoms with E-state index < -0.39 is 0 Å². The highest BCUT2D eigenvalue weighted by Crippen LogP contribution is 2.29. The second-order valence-electron chi connectivity index (χ2n) is 6.61. The molecule has 4 rings (SSSR count). The van der Waals surface area contributed by atoms with Crippen molar-refractivity contribution in [2.45, 2.75) is 51.4 Å². The van der Waals surface area contributed by atoms with E-state index in [2.05, 4.69) is 25.6 Å². The van der Waals surface area contributed by atoms with E-state index >= 15 is 0 Å². The number of fused-ring (bicyclic) bond motifs is 2. The van der Waals surface area contributed by atoms with Crippen LogP contribution in [0.15, 0.2) is 12.1 Å². The third kappa shape index (κ3) is 4.08. The summed E-state index contributed by atoms with van der Waals surface area (Å²) in [4.78, 5) is 18.2. The number of anilines is 1.